The molecule has 12 heavy (non-hydrogen) atoms. The molecule has 0 aromatic rings. The van der Waals surface area contributed by atoms with Crippen LogP contribution in [0.25, 0.3) is 0 Å². The van der Waals surface area contributed by atoms with Crippen LogP contribution in [0.5, 0.6) is 0 Å². The molecular weight excluding hydrogens is 146 g/mol. The van der Waals surface area contributed by atoms with Crippen LogP contribution in [0, 0.1) is 0 Å². The van der Waals surface area contributed by atoms with E-state index in [0.29, 0.717) is 0 Å². The topological polar surface area (TPSA) is 12.0 Å². The van der Waals surface area contributed by atoms with E-state index in [4.69, 9.17) is 0 Å². The van der Waals surface area contributed by atoms with Crippen molar-refractivity contribution in [2.24, 2.45) is 0 Å². The molecular formula is C11H21N. The Bertz CT molecular complexity index is 166. The van der Waals surface area contributed by atoms with Gasteiger partial charge in [-0.2, -0.15) is 0 Å². The van der Waals surface area contributed by atoms with Crippen LogP contribution in [0.1, 0.15) is 40.5 Å². The molecule has 0 saturated heterocycles. The molecule has 70 valence electrons. The molecule has 0 unspecified atom stereocenters. The number of likely N-dealkylation sites (N-methyl/N-ethyl adjacent to an activating group) is 1. The predicted molar refractivity (Wildman–Crippen MR) is 56.1 cm³/mol. The van der Waals surface area contributed by atoms with E-state index >= 15 is 0 Å². The summed E-state index contributed by atoms with van der Waals surface area (Å²) in [7, 11) is 0. The Morgan fingerprint density at radius 1 is 1.25 bits per heavy atom. The van der Waals surface area contributed by atoms with Crippen molar-refractivity contribution in [3.05, 3.63) is 23.4 Å². The van der Waals surface area contributed by atoms with E-state index in [-0.39, 0.29) is 0 Å². The highest BCUT2D eigenvalue weighted by Crippen LogP contribution is 2.11. The van der Waals surface area contributed by atoms with Crippen molar-refractivity contribution < 1.29 is 0 Å². The van der Waals surface area contributed by atoms with Gasteiger partial charge in [-0.3, -0.25) is 0 Å². The number of allylic oxidation sites excluding steroid dienone is 3. The first-order valence-electron chi connectivity index (χ1n) is 4.89. The smallest absolute Gasteiger partial charge is 0.0328 e. The highest BCUT2D eigenvalue weighted by atomic mass is 14.9. The Labute approximate surface area is 76.6 Å². The van der Waals surface area contributed by atoms with Crippen molar-refractivity contribution in [3.8, 4) is 0 Å². The van der Waals surface area contributed by atoms with Gasteiger partial charge in [-0.05, 0) is 32.3 Å². The van der Waals surface area contributed by atoms with E-state index in [0.717, 1.165) is 19.4 Å². The van der Waals surface area contributed by atoms with E-state index < -0.39 is 0 Å². The summed E-state index contributed by atoms with van der Waals surface area (Å²) in [5.41, 5.74) is 2.73. The van der Waals surface area contributed by atoms with Gasteiger partial charge < -0.3 is 5.32 Å². The zero-order valence-electron chi connectivity index (χ0n) is 8.78. The SMILES string of the molecule is C/C=C(CC)\C(=C/CC)NCC. The van der Waals surface area contributed by atoms with Gasteiger partial charge in [-0.15, -0.1) is 0 Å². The first-order chi connectivity index (χ1) is 5.79. The Balaban J connectivity index is 4.38. The fourth-order valence-corrected chi connectivity index (χ4v) is 1.26. The Hall–Kier alpha value is -0.720. The molecule has 0 aromatic carbocycles. The molecule has 0 fully saturated rings. The lowest BCUT2D eigenvalue weighted by molar-refractivity contribution is 0.836. The molecule has 0 saturated carbocycles. The number of hydrogen-bond acceptors (Lipinski definition) is 1. The van der Waals surface area contributed by atoms with Gasteiger partial charge in [0, 0.05) is 12.2 Å². The molecule has 0 atom stereocenters. The first kappa shape index (κ1) is 11.3. The fraction of sp³-hybridized carbons (Fsp3) is 0.636. The largest absolute Gasteiger partial charge is 0.385 e. The minimum absolute atomic E-state index is 1.00. The van der Waals surface area contributed by atoms with Crippen molar-refractivity contribution in [3.63, 3.8) is 0 Å². The molecule has 0 amide bonds. The van der Waals surface area contributed by atoms with Crippen LogP contribution >= 0.6 is 0 Å². The summed E-state index contributed by atoms with van der Waals surface area (Å²) in [6.45, 7) is 9.59. The molecule has 0 aromatic heterocycles. The second kappa shape index (κ2) is 6.96. The summed E-state index contributed by atoms with van der Waals surface area (Å²) in [5.74, 6) is 0. The summed E-state index contributed by atoms with van der Waals surface area (Å²) in [6.07, 6.45) is 6.64. The predicted octanol–water partition coefficient (Wildman–Crippen LogP) is 3.25. The minimum Gasteiger partial charge on any atom is -0.385 e. The molecule has 0 heterocycles. The van der Waals surface area contributed by atoms with Gasteiger partial charge in [0.1, 0.15) is 0 Å². The maximum atomic E-state index is 3.38. The quantitative estimate of drug-likeness (QED) is 0.620. The second-order valence-electron chi connectivity index (χ2n) is 2.72. The van der Waals surface area contributed by atoms with Gasteiger partial charge in [0.2, 0.25) is 0 Å². The van der Waals surface area contributed by atoms with Crippen molar-refractivity contribution >= 4 is 0 Å². The number of rotatable bonds is 5. The third-order valence-electron chi connectivity index (χ3n) is 1.85. The van der Waals surface area contributed by atoms with Gasteiger partial charge in [-0.25, -0.2) is 0 Å². The minimum atomic E-state index is 1.00. The van der Waals surface area contributed by atoms with Crippen LogP contribution in [0.2, 0.25) is 0 Å². The molecule has 0 aliphatic heterocycles. The average molecular weight is 167 g/mol. The Morgan fingerprint density at radius 2 is 1.92 bits per heavy atom. The van der Waals surface area contributed by atoms with Crippen LogP contribution in [0.3, 0.4) is 0 Å². The van der Waals surface area contributed by atoms with E-state index in [1.54, 1.807) is 0 Å². The normalized spacial score (nSPS) is 13.3. The van der Waals surface area contributed by atoms with Crippen molar-refractivity contribution in [1.29, 1.82) is 0 Å². The molecule has 0 radical (unpaired) electrons. The van der Waals surface area contributed by atoms with Gasteiger partial charge in [0.15, 0.2) is 0 Å². The third-order valence-corrected chi connectivity index (χ3v) is 1.85. The lowest BCUT2D eigenvalue weighted by Crippen LogP contribution is -2.13. The average Bonchev–Trinajstić information content (AvgIpc) is 2.07. The van der Waals surface area contributed by atoms with Crippen LogP contribution in [-0.4, -0.2) is 6.54 Å². The van der Waals surface area contributed by atoms with Gasteiger partial charge >= 0.3 is 0 Å². The highest BCUT2D eigenvalue weighted by Gasteiger charge is 1.98. The summed E-state index contributed by atoms with van der Waals surface area (Å²) < 4.78 is 0. The summed E-state index contributed by atoms with van der Waals surface area (Å²) in [5, 5.41) is 3.38. The molecule has 0 aliphatic rings. The third kappa shape index (κ3) is 3.61. The van der Waals surface area contributed by atoms with Crippen LogP contribution < -0.4 is 5.32 Å². The van der Waals surface area contributed by atoms with E-state index in [1.165, 1.54) is 11.3 Å². The monoisotopic (exact) mass is 167 g/mol. The van der Waals surface area contributed by atoms with Crippen LogP contribution in [0.4, 0.5) is 0 Å². The Kier molecular flexibility index (Phi) is 6.54. The lowest BCUT2D eigenvalue weighted by atomic mass is 10.1. The summed E-state index contributed by atoms with van der Waals surface area (Å²) >= 11 is 0. The van der Waals surface area contributed by atoms with Crippen LogP contribution in [-0.2, 0) is 0 Å². The standard InChI is InChI=1S/C11H21N/c1-5-9-11(12-8-4)10(6-2)7-3/h6,9,12H,5,7-8H2,1-4H3/b10-6-,11-9+. The molecule has 1 N–H and O–H groups in total. The molecule has 1 nitrogen and oxygen atoms in total. The van der Waals surface area contributed by atoms with Gasteiger partial charge in [-0.1, -0.05) is 26.0 Å². The second-order valence-corrected chi connectivity index (χ2v) is 2.72. The van der Waals surface area contributed by atoms with E-state index in [1.807, 2.05) is 0 Å². The Morgan fingerprint density at radius 3 is 2.25 bits per heavy atom. The van der Waals surface area contributed by atoms with Gasteiger partial charge in [0.25, 0.3) is 0 Å². The maximum Gasteiger partial charge on any atom is 0.0328 e. The molecule has 0 bridgehead atoms. The van der Waals surface area contributed by atoms with Crippen molar-refractivity contribution in [2.75, 3.05) is 6.54 Å². The zero-order valence-corrected chi connectivity index (χ0v) is 8.78. The number of nitrogens with one attached hydrogen (secondary N) is 1. The molecule has 1 heteroatoms. The van der Waals surface area contributed by atoms with E-state index in [9.17, 15) is 0 Å². The van der Waals surface area contributed by atoms with Crippen LogP contribution in [0.15, 0.2) is 23.4 Å². The molecule has 0 rings (SSSR count). The highest BCUT2D eigenvalue weighted by molar-refractivity contribution is 5.28. The first-order valence-corrected chi connectivity index (χ1v) is 4.89. The lowest BCUT2D eigenvalue weighted by Gasteiger charge is -2.11. The summed E-state index contributed by atoms with van der Waals surface area (Å²) in [4.78, 5) is 0. The molecule has 0 aliphatic carbocycles. The van der Waals surface area contributed by atoms with Gasteiger partial charge in [0.05, 0.1) is 0 Å². The zero-order chi connectivity index (χ0) is 9.40. The maximum absolute atomic E-state index is 3.38. The van der Waals surface area contributed by atoms with Crippen molar-refractivity contribution in [2.45, 2.75) is 40.5 Å². The molecule has 0 spiro atoms. The van der Waals surface area contributed by atoms with E-state index in [2.05, 4.69) is 45.2 Å². The fourth-order valence-electron chi connectivity index (χ4n) is 1.26. The summed E-state index contributed by atoms with van der Waals surface area (Å²) in [6, 6.07) is 0. The van der Waals surface area contributed by atoms with Crippen molar-refractivity contribution in [1.82, 2.24) is 5.32 Å². The number of hydrogen-bond donors (Lipinski definition) is 1.